The molecule has 1 heterocycles. The highest BCUT2D eigenvalue weighted by atomic mass is 35.5. The molecule has 0 unspecified atom stereocenters. The number of hydrogen-bond acceptors (Lipinski definition) is 4. The molecule has 0 saturated heterocycles. The molecule has 0 fully saturated rings. The zero-order valence-corrected chi connectivity index (χ0v) is 15.5. The quantitative estimate of drug-likeness (QED) is 0.546. The van der Waals surface area contributed by atoms with Crippen LogP contribution in [-0.2, 0) is 4.79 Å². The molecule has 0 spiro atoms. The number of anilines is 3. The zero-order chi connectivity index (χ0) is 19.2. The van der Waals surface area contributed by atoms with Crippen LogP contribution in [0.2, 0.25) is 10.0 Å². The third-order valence-corrected chi connectivity index (χ3v) is 3.90. The number of carbonyl (C=O) groups is 2. The van der Waals surface area contributed by atoms with Crippen LogP contribution >= 0.6 is 23.2 Å². The van der Waals surface area contributed by atoms with Crippen molar-refractivity contribution in [1.29, 1.82) is 0 Å². The lowest BCUT2D eigenvalue weighted by Crippen LogP contribution is -2.21. The molecule has 8 heteroatoms. The highest BCUT2D eigenvalue weighted by Gasteiger charge is 2.09. The van der Waals surface area contributed by atoms with Gasteiger partial charge < -0.3 is 20.4 Å². The predicted molar refractivity (Wildman–Crippen MR) is 107 cm³/mol. The summed E-state index contributed by atoms with van der Waals surface area (Å²) in [5.41, 5.74) is 1.76. The molecule has 0 aliphatic heterocycles. The molecule has 3 rings (SSSR count). The van der Waals surface area contributed by atoms with Crippen LogP contribution in [0.25, 0.3) is 0 Å². The first-order chi connectivity index (χ1) is 13.0. The minimum atomic E-state index is -0.354. The average molecular weight is 404 g/mol. The van der Waals surface area contributed by atoms with E-state index in [9.17, 15) is 9.59 Å². The smallest absolute Gasteiger partial charge is 0.291 e. The third-order valence-electron chi connectivity index (χ3n) is 3.46. The SMILES string of the molecule is O=C(CNc1cccc(NC(=O)c2ccco2)c1)Nc1cc(Cl)cc(Cl)c1. The second-order valence-corrected chi connectivity index (χ2v) is 6.44. The molecule has 0 bridgehead atoms. The summed E-state index contributed by atoms with van der Waals surface area (Å²) in [7, 11) is 0. The average Bonchev–Trinajstić information content (AvgIpc) is 3.14. The van der Waals surface area contributed by atoms with E-state index in [0.29, 0.717) is 27.1 Å². The number of benzene rings is 2. The van der Waals surface area contributed by atoms with Gasteiger partial charge in [-0.1, -0.05) is 29.3 Å². The van der Waals surface area contributed by atoms with Crippen LogP contribution in [0, 0.1) is 0 Å². The maximum atomic E-state index is 12.1. The fourth-order valence-electron chi connectivity index (χ4n) is 2.32. The molecule has 0 saturated carbocycles. The molecule has 1 aromatic heterocycles. The first-order valence-corrected chi connectivity index (χ1v) is 8.70. The number of rotatable bonds is 6. The topological polar surface area (TPSA) is 83.4 Å². The van der Waals surface area contributed by atoms with E-state index in [0.717, 1.165) is 0 Å². The van der Waals surface area contributed by atoms with Crippen molar-refractivity contribution in [2.45, 2.75) is 0 Å². The summed E-state index contributed by atoms with van der Waals surface area (Å²) in [6, 6.07) is 15.0. The van der Waals surface area contributed by atoms with E-state index in [2.05, 4.69) is 16.0 Å². The fourth-order valence-corrected chi connectivity index (χ4v) is 2.85. The van der Waals surface area contributed by atoms with Crippen molar-refractivity contribution < 1.29 is 14.0 Å². The van der Waals surface area contributed by atoms with Crippen LogP contribution in [0.4, 0.5) is 17.1 Å². The van der Waals surface area contributed by atoms with Crippen LogP contribution in [0.15, 0.2) is 65.3 Å². The number of amides is 2. The normalized spacial score (nSPS) is 10.3. The fraction of sp³-hybridized carbons (Fsp3) is 0.0526. The molecule has 6 nitrogen and oxygen atoms in total. The van der Waals surface area contributed by atoms with Crippen molar-refractivity contribution in [3.8, 4) is 0 Å². The van der Waals surface area contributed by atoms with E-state index in [-0.39, 0.29) is 24.1 Å². The van der Waals surface area contributed by atoms with Crippen molar-refractivity contribution in [2.75, 3.05) is 22.5 Å². The van der Waals surface area contributed by atoms with Crippen LogP contribution in [0.3, 0.4) is 0 Å². The molecule has 3 aromatic rings. The van der Waals surface area contributed by atoms with E-state index in [4.69, 9.17) is 27.6 Å². The van der Waals surface area contributed by atoms with Gasteiger partial charge in [-0.05, 0) is 48.5 Å². The largest absolute Gasteiger partial charge is 0.459 e. The second kappa shape index (κ2) is 8.62. The van der Waals surface area contributed by atoms with Gasteiger partial charge in [0.1, 0.15) is 0 Å². The lowest BCUT2D eigenvalue weighted by atomic mass is 10.2. The Morgan fingerprint density at radius 1 is 0.852 bits per heavy atom. The minimum Gasteiger partial charge on any atom is -0.459 e. The Balaban J connectivity index is 1.56. The number of hydrogen-bond donors (Lipinski definition) is 3. The molecule has 138 valence electrons. The van der Waals surface area contributed by atoms with Crippen LogP contribution in [-0.4, -0.2) is 18.4 Å². The lowest BCUT2D eigenvalue weighted by Gasteiger charge is -2.10. The Hall–Kier alpha value is -2.96. The zero-order valence-electron chi connectivity index (χ0n) is 14.0. The Morgan fingerprint density at radius 2 is 1.59 bits per heavy atom. The second-order valence-electron chi connectivity index (χ2n) is 5.57. The lowest BCUT2D eigenvalue weighted by molar-refractivity contribution is -0.114. The number of furan rings is 1. The molecule has 0 atom stereocenters. The highest BCUT2D eigenvalue weighted by Crippen LogP contribution is 2.22. The van der Waals surface area contributed by atoms with Crippen molar-refractivity contribution in [1.82, 2.24) is 0 Å². The molecule has 27 heavy (non-hydrogen) atoms. The van der Waals surface area contributed by atoms with E-state index in [1.807, 2.05) is 0 Å². The molecule has 0 aliphatic rings. The van der Waals surface area contributed by atoms with Crippen molar-refractivity contribution in [2.24, 2.45) is 0 Å². The van der Waals surface area contributed by atoms with Crippen LogP contribution < -0.4 is 16.0 Å². The van der Waals surface area contributed by atoms with Crippen molar-refractivity contribution in [3.05, 3.63) is 76.7 Å². The first-order valence-electron chi connectivity index (χ1n) is 7.94. The molecule has 0 radical (unpaired) electrons. The monoisotopic (exact) mass is 403 g/mol. The molecule has 2 aromatic carbocycles. The highest BCUT2D eigenvalue weighted by molar-refractivity contribution is 6.35. The van der Waals surface area contributed by atoms with E-state index < -0.39 is 0 Å². The van der Waals surface area contributed by atoms with Gasteiger partial charge in [-0.2, -0.15) is 0 Å². The Kier molecular flexibility index (Phi) is 6.01. The Bertz CT molecular complexity index is 938. The number of carbonyl (C=O) groups excluding carboxylic acids is 2. The van der Waals surface area contributed by atoms with Crippen molar-refractivity contribution in [3.63, 3.8) is 0 Å². The van der Waals surface area contributed by atoms with Crippen LogP contribution in [0.5, 0.6) is 0 Å². The number of halogens is 2. The summed E-state index contributed by atoms with van der Waals surface area (Å²) in [4.78, 5) is 24.1. The Morgan fingerprint density at radius 3 is 2.30 bits per heavy atom. The molecular formula is C19H15Cl2N3O3. The van der Waals surface area contributed by atoms with Crippen LogP contribution in [0.1, 0.15) is 10.6 Å². The molecular weight excluding hydrogens is 389 g/mol. The maximum absolute atomic E-state index is 12.1. The summed E-state index contributed by atoms with van der Waals surface area (Å²) in [6.45, 7) is 0.0275. The van der Waals surface area contributed by atoms with Gasteiger partial charge in [-0.15, -0.1) is 0 Å². The standard InChI is InChI=1S/C19H15Cl2N3O3/c20-12-7-13(21)9-16(8-12)23-18(25)11-22-14-3-1-4-15(10-14)24-19(26)17-5-2-6-27-17/h1-10,22H,11H2,(H,23,25)(H,24,26). The first kappa shape index (κ1) is 18.8. The van der Waals surface area contributed by atoms with Gasteiger partial charge in [0.25, 0.3) is 5.91 Å². The van der Waals surface area contributed by atoms with Gasteiger partial charge in [-0.3, -0.25) is 9.59 Å². The summed E-state index contributed by atoms with van der Waals surface area (Å²) < 4.78 is 5.05. The maximum Gasteiger partial charge on any atom is 0.291 e. The molecule has 3 N–H and O–H groups in total. The molecule has 2 amide bonds. The summed E-state index contributed by atoms with van der Waals surface area (Å²) in [5.74, 6) is -0.404. The Labute approximate surface area is 165 Å². The summed E-state index contributed by atoms with van der Waals surface area (Å²) >= 11 is 11.8. The van der Waals surface area contributed by atoms with E-state index >= 15 is 0 Å². The predicted octanol–water partition coefficient (Wildman–Crippen LogP) is 4.89. The minimum absolute atomic E-state index is 0.0275. The van der Waals surface area contributed by atoms with Gasteiger partial charge in [0, 0.05) is 27.1 Å². The summed E-state index contributed by atoms with van der Waals surface area (Å²) in [5, 5.41) is 9.29. The summed E-state index contributed by atoms with van der Waals surface area (Å²) in [6.07, 6.45) is 1.43. The van der Waals surface area contributed by atoms with Gasteiger partial charge in [-0.25, -0.2) is 0 Å². The van der Waals surface area contributed by atoms with Gasteiger partial charge in [0.15, 0.2) is 5.76 Å². The van der Waals surface area contributed by atoms with Gasteiger partial charge in [0.05, 0.1) is 12.8 Å². The number of nitrogens with one attached hydrogen (secondary N) is 3. The van der Waals surface area contributed by atoms with E-state index in [1.165, 1.54) is 6.26 Å². The van der Waals surface area contributed by atoms with Gasteiger partial charge >= 0.3 is 0 Å². The van der Waals surface area contributed by atoms with Crippen molar-refractivity contribution >= 4 is 52.1 Å². The van der Waals surface area contributed by atoms with E-state index in [1.54, 1.807) is 54.6 Å². The molecule has 0 aliphatic carbocycles. The van der Waals surface area contributed by atoms with Gasteiger partial charge in [0.2, 0.25) is 5.91 Å². The third kappa shape index (κ3) is 5.51.